The molecule has 1 N–H and O–H groups in total. The van der Waals surface area contributed by atoms with Crippen LogP contribution >= 0.6 is 0 Å². The summed E-state index contributed by atoms with van der Waals surface area (Å²) in [6.07, 6.45) is 0.398. The number of hydrogen-bond donors (Lipinski definition) is 1. The fourth-order valence-corrected chi connectivity index (χ4v) is 3.01. The molecule has 2 aliphatic heterocycles. The van der Waals surface area contributed by atoms with Gasteiger partial charge < -0.3 is 10.1 Å². The minimum absolute atomic E-state index is 0.398. The molecule has 0 aromatic heterocycles. The van der Waals surface area contributed by atoms with Gasteiger partial charge >= 0.3 is 0 Å². The van der Waals surface area contributed by atoms with E-state index in [4.69, 9.17) is 4.74 Å². The average molecular weight is 217 g/mol. The van der Waals surface area contributed by atoms with Gasteiger partial charge in [0, 0.05) is 19.0 Å². The summed E-state index contributed by atoms with van der Waals surface area (Å²) in [6, 6.07) is 6.73. The van der Waals surface area contributed by atoms with Gasteiger partial charge in [0.15, 0.2) is 0 Å². The summed E-state index contributed by atoms with van der Waals surface area (Å²) in [5.41, 5.74) is 4.43. The summed E-state index contributed by atoms with van der Waals surface area (Å²) < 4.78 is 5.96. The maximum atomic E-state index is 5.96. The second-order valence-corrected chi connectivity index (χ2v) is 5.18. The van der Waals surface area contributed by atoms with Gasteiger partial charge in [-0.1, -0.05) is 32.0 Å². The number of rotatable bonds is 1. The van der Waals surface area contributed by atoms with Gasteiger partial charge in [-0.3, -0.25) is 0 Å². The van der Waals surface area contributed by atoms with Gasteiger partial charge in [0.1, 0.15) is 0 Å². The highest BCUT2D eigenvalue weighted by Crippen LogP contribution is 2.36. The molecule has 1 fully saturated rings. The fraction of sp³-hybridized carbons (Fsp3) is 0.571. The van der Waals surface area contributed by atoms with Crippen molar-refractivity contribution in [2.45, 2.75) is 38.4 Å². The molecular weight excluding hydrogens is 198 g/mol. The zero-order valence-corrected chi connectivity index (χ0v) is 9.99. The summed E-state index contributed by atoms with van der Waals surface area (Å²) >= 11 is 0. The molecular formula is C14H19NO. The minimum Gasteiger partial charge on any atom is -0.372 e. The highest BCUT2D eigenvalue weighted by atomic mass is 16.5. The zero-order valence-electron chi connectivity index (χ0n) is 9.99. The molecule has 3 rings (SSSR count). The number of benzene rings is 1. The van der Waals surface area contributed by atoms with Gasteiger partial charge in [-0.15, -0.1) is 0 Å². The first-order valence-corrected chi connectivity index (χ1v) is 6.21. The van der Waals surface area contributed by atoms with Crippen LogP contribution in [0.2, 0.25) is 0 Å². The largest absolute Gasteiger partial charge is 0.372 e. The number of ether oxygens (including phenoxy) is 1. The van der Waals surface area contributed by atoms with Crippen molar-refractivity contribution < 1.29 is 4.74 Å². The van der Waals surface area contributed by atoms with Crippen molar-refractivity contribution in [1.29, 1.82) is 0 Å². The highest BCUT2D eigenvalue weighted by Gasteiger charge is 2.35. The molecule has 0 radical (unpaired) electrons. The lowest BCUT2D eigenvalue weighted by Gasteiger charge is -2.30. The minimum atomic E-state index is 0.398. The lowest BCUT2D eigenvalue weighted by molar-refractivity contribution is 0.0293. The van der Waals surface area contributed by atoms with Crippen molar-refractivity contribution in [3.63, 3.8) is 0 Å². The van der Waals surface area contributed by atoms with E-state index in [0.29, 0.717) is 17.9 Å². The topological polar surface area (TPSA) is 21.3 Å². The first-order chi connectivity index (χ1) is 7.77. The normalized spacial score (nSPS) is 27.9. The Kier molecular flexibility index (Phi) is 2.49. The molecule has 0 bridgehead atoms. The molecule has 0 spiro atoms. The average Bonchev–Trinajstić information content (AvgIpc) is 2.76. The fourth-order valence-electron chi connectivity index (χ4n) is 3.01. The Morgan fingerprint density at radius 2 is 2.19 bits per heavy atom. The van der Waals surface area contributed by atoms with Crippen molar-refractivity contribution in [2.24, 2.45) is 0 Å². The van der Waals surface area contributed by atoms with Crippen LogP contribution in [0.3, 0.4) is 0 Å². The van der Waals surface area contributed by atoms with Gasteiger partial charge in [0.05, 0.1) is 12.7 Å². The molecule has 1 aromatic carbocycles. The van der Waals surface area contributed by atoms with Crippen molar-refractivity contribution in [1.82, 2.24) is 5.32 Å². The van der Waals surface area contributed by atoms with E-state index in [-0.39, 0.29) is 0 Å². The highest BCUT2D eigenvalue weighted by molar-refractivity contribution is 5.41. The van der Waals surface area contributed by atoms with Crippen LogP contribution < -0.4 is 5.32 Å². The van der Waals surface area contributed by atoms with Crippen molar-refractivity contribution in [3.8, 4) is 0 Å². The number of hydrogen-bond acceptors (Lipinski definition) is 2. The number of nitrogens with one attached hydrogen (secondary N) is 1. The molecule has 0 saturated carbocycles. The summed E-state index contributed by atoms with van der Waals surface area (Å²) in [6.45, 7) is 7.39. The molecule has 0 unspecified atom stereocenters. The van der Waals surface area contributed by atoms with Crippen LogP contribution in [-0.4, -0.2) is 19.2 Å². The standard InChI is InChI=1S/C14H19NO/c1-9(2)10-4-3-5-11-12-6-15-7-14(12)16-8-13(10)11/h3-5,9,12,14-15H,6-8H2,1-2H3/t12-,14+/m1/s1. The molecule has 0 amide bonds. The predicted octanol–water partition coefficient (Wildman–Crippen LogP) is 2.40. The lowest BCUT2D eigenvalue weighted by atomic mass is 9.84. The third kappa shape index (κ3) is 1.48. The summed E-state index contributed by atoms with van der Waals surface area (Å²) in [5.74, 6) is 1.16. The van der Waals surface area contributed by atoms with Crippen LogP contribution in [0.4, 0.5) is 0 Å². The van der Waals surface area contributed by atoms with Crippen LogP contribution in [0.1, 0.15) is 42.4 Å². The van der Waals surface area contributed by atoms with E-state index in [1.54, 1.807) is 0 Å². The van der Waals surface area contributed by atoms with Gasteiger partial charge in [0.2, 0.25) is 0 Å². The molecule has 2 heterocycles. The second-order valence-electron chi connectivity index (χ2n) is 5.18. The summed E-state index contributed by atoms with van der Waals surface area (Å²) in [4.78, 5) is 0. The monoisotopic (exact) mass is 217 g/mol. The Hall–Kier alpha value is -0.860. The van der Waals surface area contributed by atoms with Crippen LogP contribution in [-0.2, 0) is 11.3 Å². The van der Waals surface area contributed by atoms with Gasteiger partial charge in [0.25, 0.3) is 0 Å². The molecule has 1 aromatic rings. The van der Waals surface area contributed by atoms with E-state index in [1.807, 2.05) is 0 Å². The van der Waals surface area contributed by atoms with Gasteiger partial charge in [-0.05, 0) is 22.6 Å². The van der Waals surface area contributed by atoms with Crippen molar-refractivity contribution >= 4 is 0 Å². The molecule has 1 saturated heterocycles. The Morgan fingerprint density at radius 1 is 1.31 bits per heavy atom. The van der Waals surface area contributed by atoms with E-state index in [2.05, 4.69) is 37.4 Å². The zero-order chi connectivity index (χ0) is 11.1. The first-order valence-electron chi connectivity index (χ1n) is 6.21. The second kappa shape index (κ2) is 3.86. The Balaban J connectivity index is 2.07. The van der Waals surface area contributed by atoms with E-state index < -0.39 is 0 Å². The third-order valence-corrected chi connectivity index (χ3v) is 3.87. The lowest BCUT2D eigenvalue weighted by Crippen LogP contribution is -2.27. The Labute approximate surface area is 97.0 Å². The van der Waals surface area contributed by atoms with Crippen molar-refractivity contribution in [2.75, 3.05) is 13.1 Å². The van der Waals surface area contributed by atoms with Crippen LogP contribution in [0.25, 0.3) is 0 Å². The Bertz CT molecular complexity index is 400. The van der Waals surface area contributed by atoms with Crippen molar-refractivity contribution in [3.05, 3.63) is 34.9 Å². The smallest absolute Gasteiger partial charge is 0.0784 e. The molecule has 2 aliphatic rings. The third-order valence-electron chi connectivity index (χ3n) is 3.87. The molecule has 2 heteroatoms. The summed E-state index contributed by atoms with van der Waals surface area (Å²) in [5, 5.41) is 3.43. The van der Waals surface area contributed by atoms with E-state index in [9.17, 15) is 0 Å². The van der Waals surface area contributed by atoms with E-state index in [0.717, 1.165) is 19.7 Å². The molecule has 16 heavy (non-hydrogen) atoms. The number of fused-ring (bicyclic) bond motifs is 3. The Morgan fingerprint density at radius 3 is 3.00 bits per heavy atom. The van der Waals surface area contributed by atoms with Crippen LogP contribution in [0.15, 0.2) is 18.2 Å². The molecule has 86 valence electrons. The maximum absolute atomic E-state index is 5.96. The predicted molar refractivity (Wildman–Crippen MR) is 64.7 cm³/mol. The first kappa shape index (κ1) is 10.3. The van der Waals surface area contributed by atoms with E-state index in [1.165, 1.54) is 16.7 Å². The van der Waals surface area contributed by atoms with Crippen LogP contribution in [0, 0.1) is 0 Å². The van der Waals surface area contributed by atoms with E-state index >= 15 is 0 Å². The summed E-state index contributed by atoms with van der Waals surface area (Å²) in [7, 11) is 0. The molecule has 2 atom stereocenters. The quantitative estimate of drug-likeness (QED) is 0.780. The molecule has 2 nitrogen and oxygen atoms in total. The van der Waals surface area contributed by atoms with Gasteiger partial charge in [-0.25, -0.2) is 0 Å². The maximum Gasteiger partial charge on any atom is 0.0784 e. The van der Waals surface area contributed by atoms with Crippen LogP contribution in [0.5, 0.6) is 0 Å². The SMILES string of the molecule is CC(C)c1cccc2c1CO[C@H]1CNC[C@H]21. The molecule has 0 aliphatic carbocycles. The van der Waals surface area contributed by atoms with Gasteiger partial charge in [-0.2, -0.15) is 0 Å².